The van der Waals surface area contributed by atoms with Crippen LogP contribution in [0.5, 0.6) is 5.75 Å². The van der Waals surface area contributed by atoms with Crippen molar-refractivity contribution in [3.05, 3.63) is 40.6 Å². The van der Waals surface area contributed by atoms with Gasteiger partial charge in [-0.1, -0.05) is 6.07 Å². The molecule has 6 nitrogen and oxygen atoms in total. The molecule has 0 aliphatic carbocycles. The number of carbonyl (C=O) groups is 2. The van der Waals surface area contributed by atoms with E-state index in [1.165, 1.54) is 7.11 Å². The SMILES string of the molecule is COC(=O)C1=C(C)NC(=O)NC1c1ccc2c(c1)CC(C)(C)O2. The van der Waals surface area contributed by atoms with Crippen LogP contribution in [0.1, 0.15) is 37.9 Å². The molecule has 2 aliphatic heterocycles. The third-order valence-electron chi connectivity index (χ3n) is 4.09. The number of hydrogen-bond donors (Lipinski definition) is 2. The minimum atomic E-state index is -0.537. The molecule has 6 heteroatoms. The molecule has 3 rings (SSSR count). The van der Waals surface area contributed by atoms with E-state index < -0.39 is 12.0 Å². The molecule has 0 spiro atoms. The van der Waals surface area contributed by atoms with Gasteiger partial charge < -0.3 is 20.1 Å². The first kappa shape index (κ1) is 15.4. The summed E-state index contributed by atoms with van der Waals surface area (Å²) in [6.07, 6.45) is 0.783. The summed E-state index contributed by atoms with van der Waals surface area (Å²) in [4.78, 5) is 23.9. The molecule has 1 aromatic rings. The zero-order valence-corrected chi connectivity index (χ0v) is 13.6. The second-order valence-corrected chi connectivity index (χ2v) is 6.47. The van der Waals surface area contributed by atoms with Gasteiger partial charge in [-0.2, -0.15) is 0 Å². The van der Waals surface area contributed by atoms with Crippen LogP contribution in [0, 0.1) is 0 Å². The molecular weight excluding hydrogens is 296 g/mol. The molecule has 2 heterocycles. The number of hydrogen-bond acceptors (Lipinski definition) is 4. The fraction of sp³-hybridized carbons (Fsp3) is 0.412. The Labute approximate surface area is 134 Å². The van der Waals surface area contributed by atoms with E-state index in [4.69, 9.17) is 9.47 Å². The summed E-state index contributed by atoms with van der Waals surface area (Å²) in [5.74, 6) is 0.386. The van der Waals surface area contributed by atoms with Gasteiger partial charge in [-0.3, -0.25) is 0 Å². The number of ether oxygens (including phenoxy) is 2. The van der Waals surface area contributed by atoms with Crippen LogP contribution in [0.15, 0.2) is 29.5 Å². The van der Waals surface area contributed by atoms with E-state index in [0.717, 1.165) is 23.3 Å². The minimum absolute atomic E-state index is 0.241. The second kappa shape index (κ2) is 5.30. The number of carbonyl (C=O) groups excluding carboxylic acids is 2. The van der Waals surface area contributed by atoms with Crippen molar-refractivity contribution < 1.29 is 19.1 Å². The summed E-state index contributed by atoms with van der Waals surface area (Å²) in [5.41, 5.74) is 2.57. The predicted molar refractivity (Wildman–Crippen MR) is 84.0 cm³/mol. The Hall–Kier alpha value is -2.50. The molecule has 1 aromatic carbocycles. The van der Waals surface area contributed by atoms with Crippen LogP contribution in [-0.2, 0) is 16.0 Å². The number of esters is 1. The van der Waals surface area contributed by atoms with Crippen molar-refractivity contribution in [1.82, 2.24) is 10.6 Å². The maximum absolute atomic E-state index is 12.1. The number of fused-ring (bicyclic) bond motifs is 1. The van der Waals surface area contributed by atoms with Gasteiger partial charge in [-0.25, -0.2) is 9.59 Å². The fourth-order valence-electron chi connectivity index (χ4n) is 3.13. The van der Waals surface area contributed by atoms with Crippen molar-refractivity contribution in [2.45, 2.75) is 38.8 Å². The van der Waals surface area contributed by atoms with Crippen LogP contribution in [0.25, 0.3) is 0 Å². The van der Waals surface area contributed by atoms with Gasteiger partial charge in [0.15, 0.2) is 0 Å². The quantitative estimate of drug-likeness (QED) is 0.820. The molecular formula is C17H20N2O4. The maximum Gasteiger partial charge on any atom is 0.337 e. The highest BCUT2D eigenvalue weighted by molar-refractivity contribution is 5.94. The third kappa shape index (κ3) is 2.76. The lowest BCUT2D eigenvalue weighted by molar-refractivity contribution is -0.136. The number of rotatable bonds is 2. The van der Waals surface area contributed by atoms with E-state index in [1.54, 1.807) is 6.92 Å². The van der Waals surface area contributed by atoms with Crippen LogP contribution in [0.3, 0.4) is 0 Å². The highest BCUT2D eigenvalue weighted by Crippen LogP contribution is 2.37. The summed E-state index contributed by atoms with van der Waals surface area (Å²) in [6.45, 7) is 5.75. The van der Waals surface area contributed by atoms with Gasteiger partial charge in [0, 0.05) is 12.1 Å². The summed E-state index contributed by atoms with van der Waals surface area (Å²) in [7, 11) is 1.33. The lowest BCUT2D eigenvalue weighted by atomic mass is 9.92. The molecule has 1 atom stereocenters. The molecule has 0 radical (unpaired) electrons. The Morgan fingerprint density at radius 1 is 1.39 bits per heavy atom. The molecule has 122 valence electrons. The van der Waals surface area contributed by atoms with E-state index in [2.05, 4.69) is 10.6 Å². The number of allylic oxidation sites excluding steroid dienone is 1. The topological polar surface area (TPSA) is 76.7 Å². The van der Waals surface area contributed by atoms with Crippen LogP contribution in [0.2, 0.25) is 0 Å². The molecule has 23 heavy (non-hydrogen) atoms. The maximum atomic E-state index is 12.1. The molecule has 2 amide bonds. The van der Waals surface area contributed by atoms with Crippen molar-refractivity contribution in [1.29, 1.82) is 0 Å². The number of urea groups is 1. The first-order valence-corrected chi connectivity index (χ1v) is 7.49. The molecule has 0 bridgehead atoms. The van der Waals surface area contributed by atoms with Crippen LogP contribution in [-0.4, -0.2) is 24.7 Å². The van der Waals surface area contributed by atoms with Gasteiger partial charge in [0.25, 0.3) is 0 Å². The van der Waals surface area contributed by atoms with Crippen molar-refractivity contribution in [2.24, 2.45) is 0 Å². The van der Waals surface area contributed by atoms with Gasteiger partial charge in [0.1, 0.15) is 11.4 Å². The third-order valence-corrected chi connectivity index (χ3v) is 4.09. The smallest absolute Gasteiger partial charge is 0.337 e. The van der Waals surface area contributed by atoms with Crippen molar-refractivity contribution >= 4 is 12.0 Å². The van der Waals surface area contributed by atoms with Gasteiger partial charge in [0.05, 0.1) is 18.7 Å². The number of amides is 2. The summed E-state index contributed by atoms with van der Waals surface area (Å²) in [5, 5.41) is 5.40. The first-order chi connectivity index (χ1) is 10.8. The molecule has 1 unspecified atom stereocenters. The van der Waals surface area contributed by atoms with Gasteiger partial charge in [0.2, 0.25) is 0 Å². The molecule has 0 saturated heterocycles. The monoisotopic (exact) mass is 316 g/mol. The standard InChI is InChI=1S/C17H20N2O4/c1-9-13(15(20)22-4)14(19-16(21)18-9)10-5-6-12-11(7-10)8-17(2,3)23-12/h5-7,14H,8H2,1-4H3,(H2,18,19,21). The fourth-order valence-corrected chi connectivity index (χ4v) is 3.13. The lowest BCUT2D eigenvalue weighted by Crippen LogP contribution is -2.45. The van der Waals surface area contributed by atoms with Gasteiger partial charge >= 0.3 is 12.0 Å². The Balaban J connectivity index is 2.02. The van der Waals surface area contributed by atoms with Gasteiger partial charge in [-0.15, -0.1) is 0 Å². The van der Waals surface area contributed by atoms with E-state index in [1.807, 2.05) is 32.0 Å². The highest BCUT2D eigenvalue weighted by Gasteiger charge is 2.34. The molecule has 0 saturated carbocycles. The lowest BCUT2D eigenvalue weighted by Gasteiger charge is -2.28. The Bertz CT molecular complexity index is 721. The van der Waals surface area contributed by atoms with Crippen LogP contribution in [0.4, 0.5) is 4.79 Å². The van der Waals surface area contributed by atoms with Crippen LogP contribution < -0.4 is 15.4 Å². The number of benzene rings is 1. The number of methoxy groups -OCH3 is 1. The average Bonchev–Trinajstić information content (AvgIpc) is 2.78. The molecule has 0 fully saturated rings. The average molecular weight is 316 g/mol. The largest absolute Gasteiger partial charge is 0.487 e. The zero-order valence-electron chi connectivity index (χ0n) is 13.6. The minimum Gasteiger partial charge on any atom is -0.487 e. The zero-order chi connectivity index (χ0) is 16.8. The number of nitrogens with one attached hydrogen (secondary N) is 2. The Morgan fingerprint density at radius 2 is 2.13 bits per heavy atom. The van der Waals surface area contributed by atoms with Crippen LogP contribution >= 0.6 is 0 Å². The second-order valence-electron chi connectivity index (χ2n) is 6.47. The first-order valence-electron chi connectivity index (χ1n) is 7.49. The predicted octanol–water partition coefficient (Wildman–Crippen LogP) is 2.20. The van der Waals surface area contributed by atoms with E-state index in [-0.39, 0.29) is 11.6 Å². The highest BCUT2D eigenvalue weighted by atomic mass is 16.5. The Kier molecular flexibility index (Phi) is 3.55. The Morgan fingerprint density at radius 3 is 2.83 bits per heavy atom. The summed E-state index contributed by atoms with van der Waals surface area (Å²) < 4.78 is 10.7. The normalized spacial score (nSPS) is 21.9. The van der Waals surface area contributed by atoms with Crippen molar-refractivity contribution in [2.75, 3.05) is 7.11 Å². The van der Waals surface area contributed by atoms with E-state index in [0.29, 0.717) is 11.3 Å². The molecule has 2 aliphatic rings. The van der Waals surface area contributed by atoms with E-state index >= 15 is 0 Å². The van der Waals surface area contributed by atoms with E-state index in [9.17, 15) is 9.59 Å². The summed E-state index contributed by atoms with van der Waals surface area (Å²) >= 11 is 0. The van der Waals surface area contributed by atoms with Crippen molar-refractivity contribution in [3.8, 4) is 5.75 Å². The van der Waals surface area contributed by atoms with Gasteiger partial charge in [-0.05, 0) is 44.0 Å². The van der Waals surface area contributed by atoms with Crippen molar-refractivity contribution in [3.63, 3.8) is 0 Å². The summed E-state index contributed by atoms with van der Waals surface area (Å²) in [6, 6.07) is 4.86. The molecule has 2 N–H and O–H groups in total. The molecule has 0 aromatic heterocycles.